The molecule has 3 aliphatic rings. The molecule has 1 aromatic rings. The van der Waals surface area contributed by atoms with Crippen molar-refractivity contribution in [2.75, 3.05) is 31.1 Å². The van der Waals surface area contributed by atoms with E-state index in [2.05, 4.69) is 21.7 Å². The molecule has 4 rings (SSSR count). The Labute approximate surface area is 165 Å². The Morgan fingerprint density at radius 3 is 2.82 bits per heavy atom. The fraction of sp³-hybridized carbons (Fsp3) is 0.571. The minimum atomic E-state index is -0.364. The van der Waals surface area contributed by atoms with Crippen molar-refractivity contribution in [3.05, 3.63) is 46.5 Å². The fourth-order valence-corrected chi connectivity index (χ4v) is 5.15. The Balaban J connectivity index is 1.63. The number of fused-ring (bicyclic) bond motifs is 3. The summed E-state index contributed by atoms with van der Waals surface area (Å²) in [6.45, 7) is 6.85. The molecule has 1 saturated carbocycles. The number of nitro benzene ring substituents is 1. The highest BCUT2D eigenvalue weighted by Crippen LogP contribution is 2.39. The topological polar surface area (TPSA) is 78.7 Å². The fourth-order valence-electron chi connectivity index (χ4n) is 5.15. The molecule has 2 fully saturated rings. The number of amides is 1. The molecule has 2 atom stereocenters. The van der Waals surface area contributed by atoms with E-state index in [1.54, 1.807) is 18.2 Å². The third-order valence-corrected chi connectivity index (χ3v) is 6.54. The maximum atomic E-state index is 12.9. The predicted molar refractivity (Wildman–Crippen MR) is 108 cm³/mol. The normalized spacial score (nSPS) is 25.1. The van der Waals surface area contributed by atoms with Crippen LogP contribution >= 0.6 is 0 Å². The van der Waals surface area contributed by atoms with Crippen molar-refractivity contribution >= 4 is 17.3 Å². The summed E-state index contributed by atoms with van der Waals surface area (Å²) in [5.74, 6) is -0.195. The van der Waals surface area contributed by atoms with E-state index in [0.717, 1.165) is 30.9 Å². The van der Waals surface area contributed by atoms with Crippen LogP contribution in [0.15, 0.2) is 30.9 Å². The van der Waals surface area contributed by atoms with Gasteiger partial charge in [-0.05, 0) is 30.9 Å². The van der Waals surface area contributed by atoms with Gasteiger partial charge in [-0.3, -0.25) is 19.8 Å². The average molecular weight is 384 g/mol. The number of piperazine rings is 1. The SMILES string of the molecule is C=CCNC(=O)C1Cc2cc([N+](=O)[O-])ccc2N2CCN(C3CCCC3)CC12. The van der Waals surface area contributed by atoms with Crippen molar-refractivity contribution in [3.8, 4) is 0 Å². The lowest BCUT2D eigenvalue weighted by atomic mass is 9.83. The summed E-state index contributed by atoms with van der Waals surface area (Å²) in [6.07, 6.45) is 7.32. The van der Waals surface area contributed by atoms with Crippen molar-refractivity contribution in [2.45, 2.75) is 44.2 Å². The summed E-state index contributed by atoms with van der Waals surface area (Å²) in [4.78, 5) is 28.7. The van der Waals surface area contributed by atoms with E-state index < -0.39 is 0 Å². The maximum absolute atomic E-state index is 12.9. The van der Waals surface area contributed by atoms with Crippen LogP contribution in [-0.2, 0) is 11.2 Å². The number of rotatable bonds is 5. The molecule has 7 heteroatoms. The molecule has 0 radical (unpaired) electrons. The van der Waals surface area contributed by atoms with Gasteiger partial charge in [0.1, 0.15) is 0 Å². The number of nitrogens with one attached hydrogen (secondary N) is 1. The second-order valence-corrected chi connectivity index (χ2v) is 8.11. The molecule has 0 bridgehead atoms. The molecular formula is C21H28N4O3. The Hall–Kier alpha value is -2.41. The Morgan fingerprint density at radius 1 is 1.32 bits per heavy atom. The van der Waals surface area contributed by atoms with Crippen molar-refractivity contribution < 1.29 is 9.72 Å². The standard InChI is InChI=1S/C21H28N4O3/c1-2-9-22-21(26)18-13-15-12-17(25(27)28)7-8-19(15)24-11-10-23(14-20(18)24)16-5-3-4-6-16/h2,7-8,12,16,18,20H,1,3-6,9-11,13-14H2,(H,22,26). The number of benzene rings is 1. The number of non-ortho nitro benzene ring substituents is 1. The van der Waals surface area contributed by atoms with E-state index >= 15 is 0 Å². The van der Waals surface area contributed by atoms with E-state index in [1.165, 1.54) is 25.7 Å². The number of nitrogens with zero attached hydrogens (tertiary/aromatic N) is 3. The first-order valence-corrected chi connectivity index (χ1v) is 10.2. The van der Waals surface area contributed by atoms with Crippen LogP contribution in [0.3, 0.4) is 0 Å². The summed E-state index contributed by atoms with van der Waals surface area (Å²) < 4.78 is 0. The monoisotopic (exact) mass is 384 g/mol. The first kappa shape index (κ1) is 18.9. The molecule has 150 valence electrons. The Bertz CT molecular complexity index is 775. The van der Waals surface area contributed by atoms with Crippen LogP contribution < -0.4 is 10.2 Å². The van der Waals surface area contributed by atoms with E-state index in [4.69, 9.17) is 0 Å². The predicted octanol–water partition coefficient (Wildman–Crippen LogP) is 2.50. The van der Waals surface area contributed by atoms with E-state index in [-0.39, 0.29) is 28.5 Å². The Morgan fingerprint density at radius 2 is 2.11 bits per heavy atom. The molecule has 28 heavy (non-hydrogen) atoms. The van der Waals surface area contributed by atoms with Gasteiger partial charge in [-0.1, -0.05) is 18.9 Å². The summed E-state index contributed by atoms with van der Waals surface area (Å²) in [6, 6.07) is 5.83. The summed E-state index contributed by atoms with van der Waals surface area (Å²) in [5, 5.41) is 14.2. The largest absolute Gasteiger partial charge is 0.365 e. The van der Waals surface area contributed by atoms with Crippen molar-refractivity contribution in [2.24, 2.45) is 5.92 Å². The first-order valence-electron chi connectivity index (χ1n) is 10.2. The zero-order valence-electron chi connectivity index (χ0n) is 16.2. The van der Waals surface area contributed by atoms with Gasteiger partial charge in [0.15, 0.2) is 0 Å². The van der Waals surface area contributed by atoms with Crippen LogP contribution in [0.2, 0.25) is 0 Å². The van der Waals surface area contributed by atoms with Crippen LogP contribution in [-0.4, -0.2) is 54.0 Å². The molecule has 2 aliphatic heterocycles. The third-order valence-electron chi connectivity index (χ3n) is 6.54. The van der Waals surface area contributed by atoms with Gasteiger partial charge in [0.2, 0.25) is 5.91 Å². The first-order chi connectivity index (χ1) is 13.6. The number of carbonyl (C=O) groups excluding carboxylic acids is 1. The van der Waals surface area contributed by atoms with Gasteiger partial charge in [0.25, 0.3) is 5.69 Å². The van der Waals surface area contributed by atoms with E-state index in [1.807, 2.05) is 6.07 Å². The van der Waals surface area contributed by atoms with Crippen molar-refractivity contribution in [1.29, 1.82) is 0 Å². The van der Waals surface area contributed by atoms with Gasteiger partial charge < -0.3 is 10.2 Å². The quantitative estimate of drug-likeness (QED) is 0.479. The van der Waals surface area contributed by atoms with Gasteiger partial charge in [-0.2, -0.15) is 0 Å². The highest BCUT2D eigenvalue weighted by Gasteiger charge is 2.43. The third kappa shape index (κ3) is 3.51. The molecule has 0 aromatic heterocycles. The van der Waals surface area contributed by atoms with Gasteiger partial charge in [-0.15, -0.1) is 6.58 Å². The lowest BCUT2D eigenvalue weighted by Gasteiger charge is -2.50. The van der Waals surface area contributed by atoms with Crippen LogP contribution in [0.4, 0.5) is 11.4 Å². The van der Waals surface area contributed by atoms with Gasteiger partial charge in [-0.25, -0.2) is 0 Å². The van der Waals surface area contributed by atoms with Crippen LogP contribution in [0, 0.1) is 16.0 Å². The smallest absolute Gasteiger partial charge is 0.269 e. The average Bonchev–Trinajstić information content (AvgIpc) is 3.25. The Kier molecular flexibility index (Phi) is 5.35. The highest BCUT2D eigenvalue weighted by atomic mass is 16.6. The molecule has 0 spiro atoms. The number of nitro groups is 1. The van der Waals surface area contributed by atoms with Crippen LogP contribution in [0.1, 0.15) is 31.2 Å². The summed E-state index contributed by atoms with van der Waals surface area (Å²) in [5.41, 5.74) is 2.04. The van der Waals surface area contributed by atoms with Crippen LogP contribution in [0.25, 0.3) is 0 Å². The van der Waals surface area contributed by atoms with Gasteiger partial charge in [0.05, 0.1) is 16.9 Å². The molecule has 2 unspecified atom stereocenters. The van der Waals surface area contributed by atoms with Crippen molar-refractivity contribution in [1.82, 2.24) is 10.2 Å². The second kappa shape index (κ2) is 7.91. The number of hydrogen-bond donors (Lipinski definition) is 1. The molecule has 1 amide bonds. The molecular weight excluding hydrogens is 356 g/mol. The van der Waals surface area contributed by atoms with Gasteiger partial charge in [0, 0.05) is 50.0 Å². The molecule has 7 nitrogen and oxygen atoms in total. The summed E-state index contributed by atoms with van der Waals surface area (Å²) in [7, 11) is 0. The second-order valence-electron chi connectivity index (χ2n) is 8.11. The molecule has 1 N–H and O–H groups in total. The number of carbonyl (C=O) groups is 1. The number of anilines is 1. The van der Waals surface area contributed by atoms with E-state index in [9.17, 15) is 14.9 Å². The zero-order valence-corrected chi connectivity index (χ0v) is 16.2. The van der Waals surface area contributed by atoms with Gasteiger partial charge >= 0.3 is 0 Å². The molecule has 1 saturated heterocycles. The zero-order chi connectivity index (χ0) is 19.7. The summed E-state index contributed by atoms with van der Waals surface area (Å²) >= 11 is 0. The molecule has 1 aromatic carbocycles. The maximum Gasteiger partial charge on any atom is 0.269 e. The minimum absolute atomic E-state index is 0.0142. The lowest BCUT2D eigenvalue weighted by Crippen LogP contribution is -2.62. The van der Waals surface area contributed by atoms with Crippen molar-refractivity contribution in [3.63, 3.8) is 0 Å². The highest BCUT2D eigenvalue weighted by molar-refractivity contribution is 5.82. The van der Waals surface area contributed by atoms with E-state index in [0.29, 0.717) is 19.0 Å². The minimum Gasteiger partial charge on any atom is -0.365 e. The number of hydrogen-bond acceptors (Lipinski definition) is 5. The molecule has 2 heterocycles. The van der Waals surface area contributed by atoms with Crippen LogP contribution in [0.5, 0.6) is 0 Å². The lowest BCUT2D eigenvalue weighted by molar-refractivity contribution is -0.384. The molecule has 1 aliphatic carbocycles.